The van der Waals surface area contributed by atoms with Crippen LogP contribution in [0.4, 0.5) is 0 Å². The van der Waals surface area contributed by atoms with E-state index in [9.17, 15) is 15.2 Å². The Bertz CT molecular complexity index is 809. The molecular weight excluding hydrogens is 314 g/mol. The summed E-state index contributed by atoms with van der Waals surface area (Å²) in [6, 6.07) is 13.3. The van der Waals surface area contributed by atoms with Crippen LogP contribution in [0.2, 0.25) is 0 Å². The van der Waals surface area contributed by atoms with Crippen molar-refractivity contribution in [2.24, 2.45) is 5.92 Å². The van der Waals surface area contributed by atoms with Crippen molar-refractivity contribution < 1.29 is 9.90 Å². The average Bonchev–Trinajstić information content (AvgIpc) is 3.48. The lowest BCUT2D eigenvalue weighted by Crippen LogP contribution is -2.65. The largest absolute Gasteiger partial charge is 0.394 e. The first kappa shape index (κ1) is 15.8. The molecule has 5 heteroatoms. The lowest BCUT2D eigenvalue weighted by molar-refractivity contribution is -0.148. The van der Waals surface area contributed by atoms with Crippen molar-refractivity contribution in [1.82, 2.24) is 9.88 Å². The van der Waals surface area contributed by atoms with Gasteiger partial charge in [0.2, 0.25) is 5.91 Å². The molecule has 0 bridgehead atoms. The quantitative estimate of drug-likeness (QED) is 0.931. The molecule has 1 aliphatic carbocycles. The molecule has 5 nitrogen and oxygen atoms in total. The molecule has 25 heavy (non-hydrogen) atoms. The maximum absolute atomic E-state index is 12.4. The number of hydrogen-bond donors (Lipinski definition) is 1. The van der Waals surface area contributed by atoms with Crippen molar-refractivity contribution in [2.45, 2.75) is 30.8 Å². The van der Waals surface area contributed by atoms with E-state index in [1.165, 1.54) is 0 Å². The van der Waals surface area contributed by atoms with Crippen molar-refractivity contribution in [3.05, 3.63) is 54.4 Å². The molecule has 126 valence electrons. The second-order valence-electron chi connectivity index (χ2n) is 6.73. The molecule has 1 aromatic carbocycles. The standard InChI is InChI=1S/C20H19N3O2/c21-10-17-19(18(12-24)23(17)20(25)15-7-8-15)14-5-3-13(4-6-14)16-2-1-9-22-11-16/h1-6,9,11,15,17-19,24H,7-8,12H2/t17-,18+,19+/m1/s1. The second kappa shape index (κ2) is 6.30. The number of hydrogen-bond acceptors (Lipinski definition) is 4. The van der Waals surface area contributed by atoms with Gasteiger partial charge in [-0.05, 0) is 35.6 Å². The SMILES string of the molecule is N#C[C@@H]1[C@H](c2ccc(-c3cccnc3)cc2)[C@H](CO)N1C(=O)C1CC1. The number of likely N-dealkylation sites (tertiary alicyclic amines) is 1. The summed E-state index contributed by atoms with van der Waals surface area (Å²) in [5, 5.41) is 19.3. The zero-order valence-electron chi connectivity index (χ0n) is 13.7. The van der Waals surface area contributed by atoms with Gasteiger partial charge in [-0.2, -0.15) is 5.26 Å². The molecule has 2 aliphatic rings. The first-order chi connectivity index (χ1) is 12.2. The third kappa shape index (κ3) is 2.69. The fourth-order valence-corrected chi connectivity index (χ4v) is 3.68. The number of pyridine rings is 1. The van der Waals surface area contributed by atoms with Crippen LogP contribution in [-0.2, 0) is 4.79 Å². The molecule has 2 fully saturated rings. The Hall–Kier alpha value is -2.71. The van der Waals surface area contributed by atoms with Gasteiger partial charge >= 0.3 is 0 Å². The zero-order valence-corrected chi connectivity index (χ0v) is 13.7. The Morgan fingerprint density at radius 3 is 2.56 bits per heavy atom. The summed E-state index contributed by atoms with van der Waals surface area (Å²) in [5.74, 6) is -0.0618. The minimum absolute atomic E-state index is 0.0221. The third-order valence-corrected chi connectivity index (χ3v) is 5.20. The molecule has 1 amide bonds. The van der Waals surface area contributed by atoms with Gasteiger partial charge in [-0.25, -0.2) is 0 Å². The van der Waals surface area contributed by atoms with Crippen LogP contribution in [-0.4, -0.2) is 39.6 Å². The molecule has 0 spiro atoms. The molecule has 1 saturated carbocycles. The van der Waals surface area contributed by atoms with Crippen LogP contribution in [0.15, 0.2) is 48.8 Å². The van der Waals surface area contributed by atoms with Crippen LogP contribution in [0.3, 0.4) is 0 Å². The minimum Gasteiger partial charge on any atom is -0.394 e. The first-order valence-corrected chi connectivity index (χ1v) is 8.57. The number of aliphatic hydroxyl groups is 1. The van der Waals surface area contributed by atoms with Gasteiger partial charge < -0.3 is 10.0 Å². The Morgan fingerprint density at radius 1 is 1.24 bits per heavy atom. The van der Waals surface area contributed by atoms with Crippen molar-refractivity contribution in [2.75, 3.05) is 6.61 Å². The van der Waals surface area contributed by atoms with E-state index in [-0.39, 0.29) is 30.4 Å². The highest BCUT2D eigenvalue weighted by Crippen LogP contribution is 2.44. The number of nitriles is 1. The maximum Gasteiger partial charge on any atom is 0.227 e. The van der Waals surface area contributed by atoms with Gasteiger partial charge in [0.25, 0.3) is 0 Å². The Balaban J connectivity index is 1.58. The van der Waals surface area contributed by atoms with Crippen LogP contribution in [0.25, 0.3) is 11.1 Å². The number of carbonyl (C=O) groups excluding carboxylic acids is 1. The van der Waals surface area contributed by atoms with E-state index < -0.39 is 6.04 Å². The Kier molecular flexibility index (Phi) is 3.98. The van der Waals surface area contributed by atoms with E-state index in [4.69, 9.17) is 0 Å². The van der Waals surface area contributed by atoms with E-state index in [1.54, 1.807) is 11.1 Å². The van der Waals surface area contributed by atoms with Crippen molar-refractivity contribution in [3.63, 3.8) is 0 Å². The van der Waals surface area contributed by atoms with Gasteiger partial charge in [0.1, 0.15) is 6.04 Å². The minimum atomic E-state index is -0.491. The smallest absolute Gasteiger partial charge is 0.227 e. The van der Waals surface area contributed by atoms with Gasteiger partial charge in [0.15, 0.2) is 0 Å². The summed E-state index contributed by atoms with van der Waals surface area (Å²) in [6.07, 6.45) is 5.34. The summed E-state index contributed by atoms with van der Waals surface area (Å²) in [7, 11) is 0. The molecule has 1 saturated heterocycles. The Morgan fingerprint density at radius 2 is 2.00 bits per heavy atom. The van der Waals surface area contributed by atoms with Gasteiger partial charge in [-0.1, -0.05) is 30.3 Å². The molecule has 2 aromatic rings. The highest BCUT2D eigenvalue weighted by atomic mass is 16.3. The van der Waals surface area contributed by atoms with Crippen LogP contribution < -0.4 is 0 Å². The van der Waals surface area contributed by atoms with E-state index in [2.05, 4.69) is 11.1 Å². The highest BCUT2D eigenvalue weighted by Gasteiger charge is 2.53. The van der Waals surface area contributed by atoms with Crippen molar-refractivity contribution in [1.29, 1.82) is 5.26 Å². The number of rotatable bonds is 4. The number of nitrogens with zero attached hydrogens (tertiary/aromatic N) is 3. The Labute approximate surface area is 146 Å². The van der Waals surface area contributed by atoms with Crippen molar-refractivity contribution >= 4 is 5.91 Å². The van der Waals surface area contributed by atoms with Gasteiger partial charge in [0, 0.05) is 24.2 Å². The predicted octanol–water partition coefficient (Wildman–Crippen LogP) is 2.34. The monoisotopic (exact) mass is 333 g/mol. The molecule has 4 rings (SSSR count). The molecular formula is C20H19N3O2. The van der Waals surface area contributed by atoms with Gasteiger partial charge in [-0.3, -0.25) is 9.78 Å². The van der Waals surface area contributed by atoms with Crippen LogP contribution in [0.5, 0.6) is 0 Å². The molecule has 1 aromatic heterocycles. The molecule has 3 atom stereocenters. The number of amides is 1. The van der Waals surface area contributed by atoms with E-state index in [0.717, 1.165) is 29.5 Å². The maximum atomic E-state index is 12.4. The van der Waals surface area contributed by atoms with Crippen molar-refractivity contribution in [3.8, 4) is 17.2 Å². The molecule has 1 aliphatic heterocycles. The van der Waals surface area contributed by atoms with Gasteiger partial charge in [-0.15, -0.1) is 0 Å². The topological polar surface area (TPSA) is 77.2 Å². The number of carbonyl (C=O) groups is 1. The van der Waals surface area contributed by atoms with E-state index in [0.29, 0.717) is 0 Å². The number of aliphatic hydroxyl groups excluding tert-OH is 1. The second-order valence-corrected chi connectivity index (χ2v) is 6.73. The predicted molar refractivity (Wildman–Crippen MR) is 92.3 cm³/mol. The highest BCUT2D eigenvalue weighted by molar-refractivity contribution is 5.83. The van der Waals surface area contributed by atoms with Crippen LogP contribution in [0.1, 0.15) is 24.3 Å². The molecule has 0 unspecified atom stereocenters. The van der Waals surface area contributed by atoms with Crippen LogP contribution >= 0.6 is 0 Å². The summed E-state index contributed by atoms with van der Waals surface area (Å²) < 4.78 is 0. The fourth-order valence-electron chi connectivity index (χ4n) is 3.68. The molecule has 0 radical (unpaired) electrons. The summed E-state index contributed by atoms with van der Waals surface area (Å²) in [4.78, 5) is 18.1. The average molecular weight is 333 g/mol. The number of aromatic nitrogens is 1. The van der Waals surface area contributed by atoms with Gasteiger partial charge in [0.05, 0.1) is 18.7 Å². The lowest BCUT2D eigenvalue weighted by atomic mass is 9.75. The molecule has 1 N–H and O–H groups in total. The lowest BCUT2D eigenvalue weighted by Gasteiger charge is -2.51. The van der Waals surface area contributed by atoms with E-state index >= 15 is 0 Å². The first-order valence-electron chi connectivity index (χ1n) is 8.57. The third-order valence-electron chi connectivity index (χ3n) is 5.20. The number of benzene rings is 1. The summed E-state index contributed by atoms with van der Waals surface area (Å²) in [6.45, 7) is -0.119. The molecule has 2 heterocycles. The fraction of sp³-hybridized carbons (Fsp3) is 0.350. The van der Waals surface area contributed by atoms with E-state index in [1.807, 2.05) is 42.6 Å². The zero-order chi connectivity index (χ0) is 17.4. The van der Waals surface area contributed by atoms with Crippen LogP contribution in [0, 0.1) is 17.2 Å². The summed E-state index contributed by atoms with van der Waals surface area (Å²) in [5.41, 5.74) is 3.07. The normalized spacial score (nSPS) is 25.1. The summed E-state index contributed by atoms with van der Waals surface area (Å²) >= 11 is 0.